The molecule has 0 saturated carbocycles. The van der Waals surface area contributed by atoms with Crippen LogP contribution in [0.1, 0.15) is 26.3 Å². The minimum Gasteiger partial charge on any atom is -0.370 e. The van der Waals surface area contributed by atoms with Crippen molar-refractivity contribution in [2.24, 2.45) is 22.6 Å². The first-order chi connectivity index (χ1) is 8.59. The summed E-state index contributed by atoms with van der Waals surface area (Å²) in [5.74, 6) is 1.93. The Morgan fingerprint density at radius 1 is 1.28 bits per heavy atom. The first kappa shape index (κ1) is 12.9. The minimum absolute atomic E-state index is 0.435. The summed E-state index contributed by atoms with van der Waals surface area (Å²) in [6.45, 7) is 8.51. The zero-order valence-corrected chi connectivity index (χ0v) is 11.5. The van der Waals surface area contributed by atoms with Crippen molar-refractivity contribution < 1.29 is 0 Å². The van der Waals surface area contributed by atoms with E-state index >= 15 is 0 Å². The van der Waals surface area contributed by atoms with E-state index in [9.17, 15) is 0 Å². The second-order valence-corrected chi connectivity index (χ2v) is 5.48. The molecule has 1 aliphatic heterocycles. The van der Waals surface area contributed by atoms with Gasteiger partial charge in [-0.05, 0) is 17.4 Å². The van der Waals surface area contributed by atoms with Gasteiger partial charge in [-0.3, -0.25) is 4.99 Å². The smallest absolute Gasteiger partial charge is 0.191 e. The van der Waals surface area contributed by atoms with Crippen LogP contribution >= 0.6 is 0 Å². The average Bonchev–Trinajstić information content (AvgIpc) is 2.71. The molecular weight excluding hydrogens is 222 g/mol. The third-order valence-electron chi connectivity index (χ3n) is 3.99. The van der Waals surface area contributed by atoms with Gasteiger partial charge < -0.3 is 10.6 Å². The Morgan fingerprint density at radius 2 is 1.94 bits per heavy atom. The molecule has 1 heterocycles. The summed E-state index contributed by atoms with van der Waals surface area (Å²) in [5.41, 5.74) is 7.32. The molecule has 1 aromatic rings. The molecule has 1 aromatic carbocycles. The number of hydrogen-bond donors (Lipinski definition) is 1. The fourth-order valence-electron chi connectivity index (χ4n) is 2.42. The van der Waals surface area contributed by atoms with Crippen LogP contribution in [-0.4, -0.2) is 23.4 Å². The molecule has 0 spiro atoms. The molecule has 3 heteroatoms. The molecular formula is C15H23N3. The summed E-state index contributed by atoms with van der Waals surface area (Å²) in [6.07, 6.45) is 0. The second kappa shape index (κ2) is 5.42. The predicted octanol–water partition coefficient (Wildman–Crippen LogP) is 2.48. The summed E-state index contributed by atoms with van der Waals surface area (Å²) in [4.78, 5) is 6.67. The van der Waals surface area contributed by atoms with E-state index in [0.29, 0.717) is 23.8 Å². The molecule has 0 amide bonds. The lowest BCUT2D eigenvalue weighted by atomic mass is 9.89. The molecule has 18 heavy (non-hydrogen) atoms. The third-order valence-corrected chi connectivity index (χ3v) is 3.99. The predicted molar refractivity (Wildman–Crippen MR) is 76.3 cm³/mol. The van der Waals surface area contributed by atoms with E-state index in [1.54, 1.807) is 0 Å². The molecule has 0 radical (unpaired) electrons. The van der Waals surface area contributed by atoms with Gasteiger partial charge in [0.2, 0.25) is 0 Å². The van der Waals surface area contributed by atoms with E-state index in [1.165, 1.54) is 5.56 Å². The normalized spacial score (nSPS) is 21.2. The molecule has 1 aliphatic rings. The van der Waals surface area contributed by atoms with Crippen LogP contribution in [-0.2, 0) is 6.54 Å². The number of rotatable bonds is 4. The molecule has 0 bridgehead atoms. The number of hydrogen-bond acceptors (Lipinski definition) is 3. The topological polar surface area (TPSA) is 41.6 Å². The molecule has 2 rings (SSSR count). The summed E-state index contributed by atoms with van der Waals surface area (Å²) in [6, 6.07) is 10.9. The molecule has 98 valence electrons. The number of benzene rings is 1. The fraction of sp³-hybridized carbons (Fsp3) is 0.533. The third kappa shape index (κ3) is 2.66. The van der Waals surface area contributed by atoms with E-state index < -0.39 is 0 Å². The molecule has 0 aromatic heterocycles. The van der Waals surface area contributed by atoms with Crippen molar-refractivity contribution in [3.05, 3.63) is 35.9 Å². The highest BCUT2D eigenvalue weighted by Crippen LogP contribution is 2.24. The summed E-state index contributed by atoms with van der Waals surface area (Å²) < 4.78 is 0. The Balaban J connectivity index is 2.11. The van der Waals surface area contributed by atoms with E-state index in [4.69, 9.17) is 5.73 Å². The molecule has 0 saturated heterocycles. The first-order valence-corrected chi connectivity index (χ1v) is 6.70. The highest BCUT2D eigenvalue weighted by Gasteiger charge is 2.31. The Morgan fingerprint density at radius 3 is 2.56 bits per heavy atom. The van der Waals surface area contributed by atoms with Crippen LogP contribution in [0.25, 0.3) is 0 Å². The highest BCUT2D eigenvalue weighted by molar-refractivity contribution is 5.80. The van der Waals surface area contributed by atoms with Gasteiger partial charge >= 0.3 is 0 Å². The lowest BCUT2D eigenvalue weighted by Crippen LogP contribution is -2.44. The maximum atomic E-state index is 6.03. The Bertz CT molecular complexity index is 411. The van der Waals surface area contributed by atoms with Gasteiger partial charge in [-0.15, -0.1) is 0 Å². The van der Waals surface area contributed by atoms with Gasteiger partial charge in [0.25, 0.3) is 0 Å². The van der Waals surface area contributed by atoms with Crippen molar-refractivity contribution in [1.82, 2.24) is 4.90 Å². The highest BCUT2D eigenvalue weighted by atomic mass is 15.3. The number of nitrogens with zero attached hydrogens (tertiary/aromatic N) is 2. The van der Waals surface area contributed by atoms with Gasteiger partial charge in [-0.2, -0.15) is 0 Å². The summed E-state index contributed by atoms with van der Waals surface area (Å²) in [7, 11) is 0. The molecule has 0 aliphatic carbocycles. The first-order valence-electron chi connectivity index (χ1n) is 6.70. The molecule has 0 fully saturated rings. The summed E-state index contributed by atoms with van der Waals surface area (Å²) >= 11 is 0. The van der Waals surface area contributed by atoms with Crippen molar-refractivity contribution in [3.63, 3.8) is 0 Å². The van der Waals surface area contributed by atoms with Gasteiger partial charge in [-0.1, -0.05) is 51.1 Å². The van der Waals surface area contributed by atoms with E-state index in [2.05, 4.69) is 54.9 Å². The number of aliphatic imine (C=N–C) groups is 1. The van der Waals surface area contributed by atoms with Crippen molar-refractivity contribution >= 4 is 5.96 Å². The fourth-order valence-corrected chi connectivity index (χ4v) is 2.42. The van der Waals surface area contributed by atoms with Gasteiger partial charge in [0, 0.05) is 6.54 Å². The van der Waals surface area contributed by atoms with E-state index in [1.807, 2.05) is 6.07 Å². The van der Waals surface area contributed by atoms with Gasteiger partial charge in [0.05, 0.1) is 12.6 Å². The Labute approximate surface area is 110 Å². The minimum atomic E-state index is 0.435. The SMILES string of the molecule is CC(C)C(C)C1CN=C(N)N1Cc1ccccc1. The van der Waals surface area contributed by atoms with Crippen molar-refractivity contribution in [2.45, 2.75) is 33.4 Å². The van der Waals surface area contributed by atoms with Crippen LogP contribution < -0.4 is 5.73 Å². The summed E-state index contributed by atoms with van der Waals surface area (Å²) in [5, 5.41) is 0. The number of nitrogens with two attached hydrogens (primary N) is 1. The molecule has 2 N–H and O–H groups in total. The van der Waals surface area contributed by atoms with Crippen molar-refractivity contribution in [3.8, 4) is 0 Å². The Kier molecular flexibility index (Phi) is 3.90. The molecule has 2 atom stereocenters. The Hall–Kier alpha value is -1.51. The van der Waals surface area contributed by atoms with Crippen LogP contribution in [0.15, 0.2) is 35.3 Å². The van der Waals surface area contributed by atoms with Gasteiger partial charge in [0.15, 0.2) is 5.96 Å². The van der Waals surface area contributed by atoms with Crippen LogP contribution in [0.4, 0.5) is 0 Å². The lowest BCUT2D eigenvalue weighted by molar-refractivity contribution is 0.213. The van der Waals surface area contributed by atoms with Gasteiger partial charge in [-0.25, -0.2) is 0 Å². The number of guanidine groups is 1. The second-order valence-electron chi connectivity index (χ2n) is 5.48. The van der Waals surface area contributed by atoms with E-state index in [0.717, 1.165) is 13.1 Å². The van der Waals surface area contributed by atoms with Crippen LogP contribution in [0.3, 0.4) is 0 Å². The lowest BCUT2D eigenvalue weighted by Gasteiger charge is -2.32. The van der Waals surface area contributed by atoms with Crippen LogP contribution in [0.5, 0.6) is 0 Å². The van der Waals surface area contributed by atoms with Crippen molar-refractivity contribution in [2.75, 3.05) is 6.54 Å². The van der Waals surface area contributed by atoms with Gasteiger partial charge in [0.1, 0.15) is 0 Å². The average molecular weight is 245 g/mol. The van der Waals surface area contributed by atoms with Crippen LogP contribution in [0, 0.1) is 11.8 Å². The maximum absolute atomic E-state index is 6.03. The quantitative estimate of drug-likeness (QED) is 0.885. The largest absolute Gasteiger partial charge is 0.370 e. The molecule has 2 unspecified atom stereocenters. The van der Waals surface area contributed by atoms with Crippen LogP contribution in [0.2, 0.25) is 0 Å². The van der Waals surface area contributed by atoms with Crippen molar-refractivity contribution in [1.29, 1.82) is 0 Å². The standard InChI is InChI=1S/C15H23N3/c1-11(2)12(3)14-9-17-15(16)18(14)10-13-7-5-4-6-8-13/h4-8,11-12,14H,9-10H2,1-3H3,(H2,16,17). The monoisotopic (exact) mass is 245 g/mol. The molecule has 3 nitrogen and oxygen atoms in total. The zero-order chi connectivity index (χ0) is 13.1. The van der Waals surface area contributed by atoms with E-state index in [-0.39, 0.29) is 0 Å². The zero-order valence-electron chi connectivity index (χ0n) is 11.5. The maximum Gasteiger partial charge on any atom is 0.191 e.